The molecule has 1 aromatic carbocycles. The summed E-state index contributed by atoms with van der Waals surface area (Å²) in [4.78, 5) is 14.0. The number of methoxy groups -OCH3 is 1. The number of aryl methyl sites for hydroxylation is 1. The topological polar surface area (TPSA) is 94.1 Å². The van der Waals surface area contributed by atoms with Crippen LogP contribution in [-0.4, -0.2) is 41.8 Å². The highest BCUT2D eigenvalue weighted by Crippen LogP contribution is 2.35. The van der Waals surface area contributed by atoms with Crippen molar-refractivity contribution in [3.05, 3.63) is 41.7 Å². The number of hydrogen-bond donors (Lipinski definition) is 1. The lowest BCUT2D eigenvalue weighted by Crippen LogP contribution is -2.26. The van der Waals surface area contributed by atoms with E-state index in [4.69, 9.17) is 9.72 Å². The van der Waals surface area contributed by atoms with Crippen LogP contribution in [0.5, 0.6) is 5.88 Å². The molecule has 0 spiro atoms. The Morgan fingerprint density at radius 3 is 2.51 bits per heavy atom. The first-order valence-corrected chi connectivity index (χ1v) is 14.4. The zero-order valence-corrected chi connectivity index (χ0v) is 21.6. The van der Waals surface area contributed by atoms with Gasteiger partial charge in [-0.15, -0.1) is 0 Å². The van der Waals surface area contributed by atoms with Gasteiger partial charge in [0.2, 0.25) is 11.8 Å². The van der Waals surface area contributed by atoms with E-state index in [1.165, 1.54) is 12.8 Å². The first-order chi connectivity index (χ1) is 16.9. The molecule has 2 aliphatic carbocycles. The molecule has 186 valence electrons. The Balaban J connectivity index is 1.44. The van der Waals surface area contributed by atoms with Gasteiger partial charge < -0.3 is 10.1 Å². The zero-order valence-electron chi connectivity index (χ0n) is 20.8. The number of hydrogen-bond acceptors (Lipinski definition) is 7. The van der Waals surface area contributed by atoms with Crippen LogP contribution in [0.1, 0.15) is 63.6 Å². The van der Waals surface area contributed by atoms with Crippen LogP contribution in [0.15, 0.2) is 30.5 Å². The third-order valence-electron chi connectivity index (χ3n) is 7.30. The van der Waals surface area contributed by atoms with Gasteiger partial charge in [-0.25, -0.2) is 23.4 Å². The molecule has 8 heteroatoms. The average Bonchev–Trinajstić information content (AvgIpc) is 3.71. The maximum atomic E-state index is 12.4. The SMILES string of the molecule is CCc1cc(-c2ccc(CS(=O)(=O)C3CC3)nc2OC)cc2cnc(NC3CCC(C)CC3)nc12. The molecule has 0 atom stereocenters. The van der Waals surface area contributed by atoms with Crippen LogP contribution in [-0.2, 0) is 22.0 Å². The standard InChI is InChI=1S/C27H34N4O3S/c1-4-18-13-19(24-12-9-22(29-26(24)34-3)16-35(32,33)23-10-11-23)14-20-15-28-27(31-25(18)20)30-21-7-5-17(2)6-8-21/h9,12-15,17,21,23H,4-8,10-11,16H2,1-3H3,(H,28,30,31). The fraction of sp³-hybridized carbons (Fsp3) is 0.519. The number of benzene rings is 1. The zero-order chi connectivity index (χ0) is 24.6. The number of anilines is 1. The van der Waals surface area contributed by atoms with Crippen LogP contribution >= 0.6 is 0 Å². The van der Waals surface area contributed by atoms with Gasteiger partial charge in [-0.3, -0.25) is 0 Å². The van der Waals surface area contributed by atoms with Gasteiger partial charge in [0.15, 0.2) is 9.84 Å². The first kappa shape index (κ1) is 24.0. The molecule has 2 aromatic heterocycles. The van der Waals surface area contributed by atoms with E-state index in [-0.39, 0.29) is 11.0 Å². The molecule has 7 nitrogen and oxygen atoms in total. The number of pyridine rings is 1. The van der Waals surface area contributed by atoms with E-state index in [1.807, 2.05) is 12.3 Å². The van der Waals surface area contributed by atoms with Gasteiger partial charge in [-0.1, -0.05) is 13.8 Å². The monoisotopic (exact) mass is 494 g/mol. The molecular weight excluding hydrogens is 460 g/mol. The minimum atomic E-state index is -3.14. The Bertz CT molecular complexity index is 1330. The van der Waals surface area contributed by atoms with Crippen LogP contribution in [0.4, 0.5) is 5.95 Å². The summed E-state index contributed by atoms with van der Waals surface area (Å²) in [5, 5.41) is 4.30. The van der Waals surface area contributed by atoms with E-state index < -0.39 is 9.84 Å². The second kappa shape index (κ2) is 9.72. The lowest BCUT2D eigenvalue weighted by molar-refractivity contribution is 0.360. The number of nitrogens with zero attached hydrogens (tertiary/aromatic N) is 3. The Kier molecular flexibility index (Phi) is 6.66. The van der Waals surface area contributed by atoms with Crippen molar-refractivity contribution < 1.29 is 13.2 Å². The molecule has 0 saturated heterocycles. The fourth-order valence-corrected chi connectivity index (χ4v) is 6.65. The van der Waals surface area contributed by atoms with Gasteiger partial charge in [0.1, 0.15) is 0 Å². The highest BCUT2D eigenvalue weighted by atomic mass is 32.2. The maximum absolute atomic E-state index is 12.4. The number of rotatable bonds is 8. The second-order valence-corrected chi connectivity index (χ2v) is 12.4. The van der Waals surface area contributed by atoms with Crippen molar-refractivity contribution in [3.63, 3.8) is 0 Å². The van der Waals surface area contributed by atoms with E-state index >= 15 is 0 Å². The third kappa shape index (κ3) is 5.27. The Labute approximate surface area is 207 Å². The molecule has 0 amide bonds. The molecule has 0 unspecified atom stereocenters. The van der Waals surface area contributed by atoms with Gasteiger partial charge in [-0.2, -0.15) is 0 Å². The van der Waals surface area contributed by atoms with Gasteiger partial charge in [0.05, 0.1) is 29.3 Å². The van der Waals surface area contributed by atoms with Gasteiger partial charge in [0, 0.05) is 23.2 Å². The van der Waals surface area contributed by atoms with Gasteiger partial charge in [-0.05, 0) is 86.3 Å². The summed E-state index contributed by atoms with van der Waals surface area (Å²) in [5.41, 5.74) is 4.39. The summed E-state index contributed by atoms with van der Waals surface area (Å²) in [6, 6.07) is 8.32. The van der Waals surface area contributed by atoms with Crippen molar-refractivity contribution in [2.75, 3.05) is 12.4 Å². The fourth-order valence-electron chi connectivity index (χ4n) is 4.99. The van der Waals surface area contributed by atoms with Crippen molar-refractivity contribution in [2.45, 2.75) is 75.8 Å². The normalized spacial score (nSPS) is 20.7. The second-order valence-electron chi connectivity index (χ2n) is 10.1. The third-order valence-corrected chi connectivity index (χ3v) is 9.48. The minimum Gasteiger partial charge on any atom is -0.481 e. The van der Waals surface area contributed by atoms with Crippen LogP contribution in [0.25, 0.3) is 22.0 Å². The minimum absolute atomic E-state index is 0.0459. The molecule has 5 rings (SSSR count). The highest BCUT2D eigenvalue weighted by molar-refractivity contribution is 7.91. The van der Waals surface area contributed by atoms with E-state index in [0.29, 0.717) is 23.6 Å². The highest BCUT2D eigenvalue weighted by Gasteiger charge is 2.36. The predicted octanol–water partition coefficient (Wildman–Crippen LogP) is 5.33. The summed E-state index contributed by atoms with van der Waals surface area (Å²) in [6.45, 7) is 4.44. The Morgan fingerprint density at radius 1 is 1.06 bits per heavy atom. The predicted molar refractivity (Wildman–Crippen MR) is 139 cm³/mol. The van der Waals surface area contributed by atoms with Crippen LogP contribution in [0.3, 0.4) is 0 Å². The summed E-state index contributed by atoms with van der Waals surface area (Å²) in [5.74, 6) is 1.88. The lowest BCUT2D eigenvalue weighted by atomic mass is 9.87. The molecule has 0 radical (unpaired) electrons. The van der Waals surface area contributed by atoms with Crippen molar-refractivity contribution in [3.8, 4) is 17.0 Å². The molecule has 0 aliphatic heterocycles. The molecule has 2 fully saturated rings. The Hall–Kier alpha value is -2.74. The maximum Gasteiger partial charge on any atom is 0.223 e. The Morgan fingerprint density at radius 2 is 1.83 bits per heavy atom. The quantitative estimate of drug-likeness (QED) is 0.452. The van der Waals surface area contributed by atoms with Crippen LogP contribution in [0, 0.1) is 5.92 Å². The molecule has 35 heavy (non-hydrogen) atoms. The summed E-state index contributed by atoms with van der Waals surface area (Å²) in [6.07, 6.45) is 9.04. The molecule has 3 aromatic rings. The van der Waals surface area contributed by atoms with Crippen molar-refractivity contribution in [1.29, 1.82) is 0 Å². The van der Waals surface area contributed by atoms with Gasteiger partial charge in [0.25, 0.3) is 0 Å². The average molecular weight is 495 g/mol. The van der Waals surface area contributed by atoms with Crippen molar-refractivity contribution in [1.82, 2.24) is 15.0 Å². The number of aromatic nitrogens is 3. The summed E-state index contributed by atoms with van der Waals surface area (Å²) < 4.78 is 30.4. The van der Waals surface area contributed by atoms with Crippen molar-refractivity contribution in [2.24, 2.45) is 5.92 Å². The van der Waals surface area contributed by atoms with Crippen LogP contribution in [0.2, 0.25) is 0 Å². The molecular formula is C27H34N4O3S. The van der Waals surface area contributed by atoms with E-state index in [9.17, 15) is 8.42 Å². The molecule has 2 saturated carbocycles. The summed E-state index contributed by atoms with van der Waals surface area (Å²) in [7, 11) is -1.57. The van der Waals surface area contributed by atoms with E-state index in [0.717, 1.165) is 65.6 Å². The van der Waals surface area contributed by atoms with Crippen molar-refractivity contribution >= 4 is 26.7 Å². The first-order valence-electron chi connectivity index (χ1n) is 12.7. The summed E-state index contributed by atoms with van der Waals surface area (Å²) >= 11 is 0. The molecule has 2 heterocycles. The van der Waals surface area contributed by atoms with Gasteiger partial charge >= 0.3 is 0 Å². The lowest BCUT2D eigenvalue weighted by Gasteiger charge is -2.26. The molecule has 2 aliphatic rings. The van der Waals surface area contributed by atoms with E-state index in [1.54, 1.807) is 13.2 Å². The molecule has 1 N–H and O–H groups in total. The number of fused-ring (bicyclic) bond motifs is 1. The van der Waals surface area contributed by atoms with E-state index in [2.05, 4.69) is 41.3 Å². The smallest absolute Gasteiger partial charge is 0.223 e. The molecule has 0 bridgehead atoms. The number of nitrogens with one attached hydrogen (secondary N) is 1. The number of sulfone groups is 1. The van der Waals surface area contributed by atoms with Crippen LogP contribution < -0.4 is 10.1 Å². The largest absolute Gasteiger partial charge is 0.481 e. The number of ether oxygens (including phenoxy) is 1.